The first-order chi connectivity index (χ1) is 14.6. The summed E-state index contributed by atoms with van der Waals surface area (Å²) in [6, 6.07) is 19.9. The molecule has 2 aromatic carbocycles. The molecule has 3 heterocycles. The number of aromatic nitrogens is 4. The number of benzene rings is 2. The van der Waals surface area contributed by atoms with Gasteiger partial charge in [-0.1, -0.05) is 41.6 Å². The fourth-order valence-electron chi connectivity index (χ4n) is 3.32. The van der Waals surface area contributed by atoms with E-state index in [1.165, 1.54) is 9.39 Å². The molecule has 0 atom stereocenters. The van der Waals surface area contributed by atoms with E-state index in [-0.39, 0.29) is 15.6 Å². The van der Waals surface area contributed by atoms with E-state index in [9.17, 15) is 8.42 Å². The molecule has 0 spiro atoms. The van der Waals surface area contributed by atoms with Crippen molar-refractivity contribution in [1.82, 2.24) is 19.8 Å². The summed E-state index contributed by atoms with van der Waals surface area (Å²) in [4.78, 5) is 6.06. The van der Waals surface area contributed by atoms with E-state index in [4.69, 9.17) is 0 Å². The molecule has 1 N–H and O–H groups in total. The third-order valence-electron chi connectivity index (χ3n) is 4.77. The van der Waals surface area contributed by atoms with Crippen molar-refractivity contribution in [2.45, 2.75) is 16.3 Å². The van der Waals surface area contributed by atoms with E-state index in [1.807, 2.05) is 35.7 Å². The van der Waals surface area contributed by atoms with Crippen LogP contribution in [0.15, 0.2) is 82.0 Å². The average Bonchev–Trinajstić information content (AvgIpc) is 3.44. The van der Waals surface area contributed by atoms with Crippen LogP contribution in [-0.2, 0) is 16.3 Å². The van der Waals surface area contributed by atoms with Crippen LogP contribution in [-0.4, -0.2) is 34.8 Å². The summed E-state index contributed by atoms with van der Waals surface area (Å²) in [6.07, 6.45) is 0.853. The number of thiophene rings is 1. The summed E-state index contributed by atoms with van der Waals surface area (Å²) >= 11 is 1.71. The summed E-state index contributed by atoms with van der Waals surface area (Å²) in [5, 5.41) is 14.2. The quantitative estimate of drug-likeness (QED) is 0.436. The molecule has 150 valence electrons. The third-order valence-corrected chi connectivity index (χ3v) is 7.38. The Bertz CT molecular complexity index is 1430. The number of rotatable bonds is 6. The molecule has 0 unspecified atom stereocenters. The Morgan fingerprint density at radius 1 is 0.967 bits per heavy atom. The maximum atomic E-state index is 13.2. The minimum Gasteiger partial charge on any atom is -0.369 e. The molecule has 0 amide bonds. The summed E-state index contributed by atoms with van der Waals surface area (Å²) in [5.41, 5.74) is 0.944. The van der Waals surface area contributed by atoms with E-state index in [2.05, 4.69) is 26.7 Å². The van der Waals surface area contributed by atoms with Crippen molar-refractivity contribution in [1.29, 1.82) is 0 Å². The number of hydrogen-bond donors (Lipinski definition) is 1. The first kappa shape index (κ1) is 18.7. The topological polar surface area (TPSA) is 89.2 Å². The molecule has 3 aromatic heterocycles. The number of para-hydroxylation sites is 1. The van der Waals surface area contributed by atoms with Crippen LogP contribution in [0.5, 0.6) is 0 Å². The average molecular weight is 436 g/mol. The third kappa shape index (κ3) is 3.21. The number of nitrogens with one attached hydrogen (secondary N) is 1. The van der Waals surface area contributed by atoms with Gasteiger partial charge in [-0.05, 0) is 42.1 Å². The van der Waals surface area contributed by atoms with E-state index >= 15 is 0 Å². The molecule has 0 saturated heterocycles. The van der Waals surface area contributed by atoms with Crippen molar-refractivity contribution < 1.29 is 8.42 Å². The highest BCUT2D eigenvalue weighted by Crippen LogP contribution is 2.27. The highest BCUT2D eigenvalue weighted by atomic mass is 32.2. The van der Waals surface area contributed by atoms with Crippen LogP contribution in [0.4, 0.5) is 5.82 Å². The minimum absolute atomic E-state index is 0.152. The highest BCUT2D eigenvalue weighted by Gasteiger charge is 2.26. The lowest BCUT2D eigenvalue weighted by molar-refractivity contribution is 0.592. The van der Waals surface area contributed by atoms with Gasteiger partial charge in [0.05, 0.1) is 10.4 Å². The molecule has 5 aromatic rings. The SMILES string of the molecule is O=S(=O)(c1ccccc1)c1nnn2c1nc(NCCc1cccs1)c1ccccc12. The smallest absolute Gasteiger partial charge is 0.229 e. The van der Waals surface area contributed by atoms with Crippen LogP contribution in [0.25, 0.3) is 16.6 Å². The second-order valence-corrected chi connectivity index (χ2v) is 9.58. The Hall–Kier alpha value is -3.30. The van der Waals surface area contributed by atoms with Crippen molar-refractivity contribution >= 4 is 43.5 Å². The molecule has 0 fully saturated rings. The van der Waals surface area contributed by atoms with Gasteiger partial charge in [-0.25, -0.2) is 13.4 Å². The van der Waals surface area contributed by atoms with Gasteiger partial charge < -0.3 is 5.32 Å². The van der Waals surface area contributed by atoms with Crippen molar-refractivity contribution in [3.8, 4) is 0 Å². The van der Waals surface area contributed by atoms with Gasteiger partial charge in [0, 0.05) is 16.8 Å². The summed E-state index contributed by atoms with van der Waals surface area (Å²) in [7, 11) is -3.85. The lowest BCUT2D eigenvalue weighted by atomic mass is 10.2. The molecule has 9 heteroatoms. The van der Waals surface area contributed by atoms with Crippen LogP contribution < -0.4 is 5.32 Å². The Balaban J connectivity index is 1.62. The maximum absolute atomic E-state index is 13.2. The Labute approximate surface area is 176 Å². The molecule has 30 heavy (non-hydrogen) atoms. The molecular weight excluding hydrogens is 418 g/mol. The first-order valence-corrected chi connectivity index (χ1v) is 11.7. The zero-order chi connectivity index (χ0) is 20.6. The zero-order valence-corrected chi connectivity index (χ0v) is 17.4. The molecule has 5 rings (SSSR count). The maximum Gasteiger partial charge on any atom is 0.229 e. The van der Waals surface area contributed by atoms with Crippen LogP contribution in [0, 0.1) is 0 Å². The predicted molar refractivity (Wildman–Crippen MR) is 117 cm³/mol. The fourth-order valence-corrected chi connectivity index (χ4v) is 5.29. The number of fused-ring (bicyclic) bond motifs is 3. The molecular formula is C21H17N5O2S2. The van der Waals surface area contributed by atoms with Crippen LogP contribution in [0.2, 0.25) is 0 Å². The Kier molecular flexibility index (Phi) is 4.68. The number of nitrogens with zero attached hydrogens (tertiary/aromatic N) is 4. The van der Waals surface area contributed by atoms with Crippen molar-refractivity contribution in [2.24, 2.45) is 0 Å². The van der Waals surface area contributed by atoms with Crippen molar-refractivity contribution in [2.75, 3.05) is 11.9 Å². The second-order valence-electron chi connectivity index (χ2n) is 6.68. The van der Waals surface area contributed by atoms with Crippen molar-refractivity contribution in [3.63, 3.8) is 0 Å². The first-order valence-electron chi connectivity index (χ1n) is 9.35. The Morgan fingerprint density at radius 2 is 1.77 bits per heavy atom. The van der Waals surface area contributed by atoms with Gasteiger partial charge >= 0.3 is 0 Å². The summed E-state index contributed by atoms with van der Waals surface area (Å²) in [6.45, 7) is 0.677. The Morgan fingerprint density at radius 3 is 2.57 bits per heavy atom. The number of hydrogen-bond acceptors (Lipinski definition) is 7. The number of anilines is 1. The van der Waals surface area contributed by atoms with Gasteiger partial charge in [0.15, 0.2) is 5.65 Å². The second kappa shape index (κ2) is 7.51. The lowest BCUT2D eigenvalue weighted by Gasteiger charge is -2.10. The fraction of sp³-hybridized carbons (Fsp3) is 0.0952. The largest absolute Gasteiger partial charge is 0.369 e. The lowest BCUT2D eigenvalue weighted by Crippen LogP contribution is -2.09. The monoisotopic (exact) mass is 435 g/mol. The molecule has 0 radical (unpaired) electrons. The van der Waals surface area contributed by atoms with E-state index in [0.717, 1.165) is 17.3 Å². The molecule has 0 aliphatic heterocycles. The zero-order valence-electron chi connectivity index (χ0n) is 15.8. The molecule has 0 aliphatic carbocycles. The van der Waals surface area contributed by atoms with Gasteiger partial charge in [0.1, 0.15) is 5.82 Å². The van der Waals surface area contributed by atoms with E-state index < -0.39 is 9.84 Å². The molecule has 0 aliphatic rings. The minimum atomic E-state index is -3.85. The van der Waals surface area contributed by atoms with E-state index in [0.29, 0.717) is 12.4 Å². The predicted octanol–water partition coefficient (Wildman–Crippen LogP) is 3.83. The molecule has 0 bridgehead atoms. The van der Waals surface area contributed by atoms with Gasteiger partial charge in [-0.3, -0.25) is 0 Å². The van der Waals surface area contributed by atoms with Gasteiger partial charge in [-0.15, -0.1) is 16.4 Å². The van der Waals surface area contributed by atoms with Gasteiger partial charge in [0.2, 0.25) is 14.9 Å². The standard InChI is InChI=1S/C21H17N5O2S2/c27-30(28,16-8-2-1-3-9-16)21-20-23-19(22-13-12-15-7-6-14-29-15)17-10-4-5-11-18(17)26(20)25-24-21/h1-11,14H,12-13H2,(H,22,23). The summed E-state index contributed by atoms with van der Waals surface area (Å²) < 4.78 is 27.8. The van der Waals surface area contributed by atoms with Crippen LogP contribution >= 0.6 is 11.3 Å². The highest BCUT2D eigenvalue weighted by molar-refractivity contribution is 7.91. The van der Waals surface area contributed by atoms with Gasteiger partial charge in [-0.2, -0.15) is 4.52 Å². The van der Waals surface area contributed by atoms with Crippen LogP contribution in [0.3, 0.4) is 0 Å². The van der Waals surface area contributed by atoms with Gasteiger partial charge in [0.25, 0.3) is 0 Å². The number of sulfone groups is 1. The van der Waals surface area contributed by atoms with Crippen LogP contribution in [0.1, 0.15) is 4.88 Å². The van der Waals surface area contributed by atoms with E-state index in [1.54, 1.807) is 41.7 Å². The summed E-state index contributed by atoms with van der Waals surface area (Å²) in [5.74, 6) is 0.612. The van der Waals surface area contributed by atoms with Crippen molar-refractivity contribution in [3.05, 3.63) is 77.0 Å². The molecule has 0 saturated carbocycles. The molecule has 7 nitrogen and oxygen atoms in total. The normalized spacial score (nSPS) is 11.9.